The fraction of sp³-hybridized carbons (Fsp3) is 0.0952. The molecule has 3 heterocycles. The maximum absolute atomic E-state index is 6.12. The van der Waals surface area contributed by atoms with Crippen LogP contribution in [0.3, 0.4) is 0 Å². The van der Waals surface area contributed by atoms with Crippen LogP contribution in [0.5, 0.6) is 5.75 Å². The molecule has 3 aromatic heterocycles. The molecule has 0 radical (unpaired) electrons. The first-order valence-electron chi connectivity index (χ1n) is 8.72. The van der Waals surface area contributed by atoms with Gasteiger partial charge in [0.2, 0.25) is 0 Å². The molecule has 27 heavy (non-hydrogen) atoms. The number of aryl methyl sites for hydroxylation is 1. The standard InChI is InChI=1S/C21H17N5O/c1-25-12-16(23-24-25)14-27-20-13-26-19(17-9-5-6-10-18(17)20)11-22-21(26)15-7-3-2-4-8-15/h2-13H,14H2,1H3. The van der Waals surface area contributed by atoms with Crippen molar-refractivity contribution in [1.82, 2.24) is 24.4 Å². The number of ether oxygens (including phenoxy) is 1. The second-order valence-corrected chi connectivity index (χ2v) is 6.41. The van der Waals surface area contributed by atoms with Gasteiger partial charge in [-0.15, -0.1) is 5.10 Å². The molecule has 132 valence electrons. The van der Waals surface area contributed by atoms with Crippen molar-refractivity contribution in [2.45, 2.75) is 6.61 Å². The van der Waals surface area contributed by atoms with E-state index in [1.807, 2.05) is 56.0 Å². The van der Waals surface area contributed by atoms with Crippen LogP contribution < -0.4 is 4.74 Å². The SMILES string of the molecule is Cn1cc(COc2cn3c(-c4ccccc4)ncc3c3ccccc23)nn1. The van der Waals surface area contributed by atoms with Crippen molar-refractivity contribution >= 4 is 16.3 Å². The number of pyridine rings is 1. The molecule has 0 amide bonds. The van der Waals surface area contributed by atoms with Crippen molar-refractivity contribution < 1.29 is 4.74 Å². The van der Waals surface area contributed by atoms with Gasteiger partial charge < -0.3 is 4.74 Å². The zero-order chi connectivity index (χ0) is 18.2. The first-order valence-corrected chi connectivity index (χ1v) is 8.72. The van der Waals surface area contributed by atoms with Gasteiger partial charge in [-0.2, -0.15) is 0 Å². The first-order chi connectivity index (χ1) is 13.3. The van der Waals surface area contributed by atoms with Crippen molar-refractivity contribution in [2.75, 3.05) is 0 Å². The van der Waals surface area contributed by atoms with Crippen LogP contribution in [0.15, 0.2) is 73.2 Å². The monoisotopic (exact) mass is 355 g/mol. The van der Waals surface area contributed by atoms with Gasteiger partial charge in [0.25, 0.3) is 0 Å². The highest BCUT2D eigenvalue weighted by molar-refractivity contribution is 6.00. The third-order valence-electron chi connectivity index (χ3n) is 4.57. The van der Waals surface area contributed by atoms with Gasteiger partial charge >= 0.3 is 0 Å². The largest absolute Gasteiger partial charge is 0.485 e. The van der Waals surface area contributed by atoms with E-state index in [1.165, 1.54) is 0 Å². The minimum atomic E-state index is 0.360. The van der Waals surface area contributed by atoms with Gasteiger partial charge in [0.1, 0.15) is 23.9 Å². The molecule has 6 nitrogen and oxygen atoms in total. The third kappa shape index (κ3) is 2.71. The van der Waals surface area contributed by atoms with Crippen LogP contribution in [0.25, 0.3) is 27.7 Å². The van der Waals surface area contributed by atoms with Crippen molar-refractivity contribution in [2.24, 2.45) is 7.05 Å². The number of hydrogen-bond donors (Lipinski definition) is 0. The molecular weight excluding hydrogens is 338 g/mol. The Morgan fingerprint density at radius 2 is 1.70 bits per heavy atom. The van der Waals surface area contributed by atoms with Crippen LogP contribution in [0.1, 0.15) is 5.69 Å². The second-order valence-electron chi connectivity index (χ2n) is 6.41. The maximum atomic E-state index is 6.12. The molecule has 2 aromatic carbocycles. The van der Waals surface area contributed by atoms with Gasteiger partial charge in [-0.05, 0) is 0 Å². The predicted molar refractivity (Wildman–Crippen MR) is 103 cm³/mol. The third-order valence-corrected chi connectivity index (χ3v) is 4.57. The van der Waals surface area contributed by atoms with E-state index in [1.54, 1.807) is 4.68 Å². The zero-order valence-electron chi connectivity index (χ0n) is 14.8. The topological polar surface area (TPSA) is 57.2 Å². The second kappa shape index (κ2) is 6.25. The van der Waals surface area contributed by atoms with Crippen molar-refractivity contribution in [3.63, 3.8) is 0 Å². The number of fused-ring (bicyclic) bond motifs is 3. The van der Waals surface area contributed by atoms with Gasteiger partial charge in [-0.25, -0.2) is 4.98 Å². The molecule has 0 atom stereocenters. The Morgan fingerprint density at radius 3 is 2.48 bits per heavy atom. The highest BCUT2D eigenvalue weighted by atomic mass is 16.5. The van der Waals surface area contributed by atoms with E-state index < -0.39 is 0 Å². The molecule has 5 aromatic rings. The first kappa shape index (κ1) is 15.6. The Morgan fingerprint density at radius 1 is 0.926 bits per heavy atom. The molecule has 0 saturated heterocycles. The molecule has 0 bridgehead atoms. The Labute approximate surface area is 155 Å². The normalized spacial score (nSPS) is 11.3. The highest BCUT2D eigenvalue weighted by Gasteiger charge is 2.13. The summed E-state index contributed by atoms with van der Waals surface area (Å²) in [6, 6.07) is 18.4. The Balaban J connectivity index is 1.66. The molecule has 0 aliphatic rings. The quantitative estimate of drug-likeness (QED) is 0.491. The minimum Gasteiger partial charge on any atom is -0.485 e. The number of hydrogen-bond acceptors (Lipinski definition) is 4. The van der Waals surface area contributed by atoms with Crippen LogP contribution in [0.2, 0.25) is 0 Å². The van der Waals surface area contributed by atoms with Crippen molar-refractivity contribution in [3.05, 3.63) is 78.9 Å². The number of nitrogens with zero attached hydrogens (tertiary/aromatic N) is 5. The lowest BCUT2D eigenvalue weighted by Gasteiger charge is -2.11. The molecule has 6 heteroatoms. The van der Waals surface area contributed by atoms with Gasteiger partial charge in [0, 0.05) is 23.4 Å². The fourth-order valence-corrected chi connectivity index (χ4v) is 3.33. The van der Waals surface area contributed by atoms with E-state index in [2.05, 4.69) is 44.0 Å². The number of benzene rings is 2. The van der Waals surface area contributed by atoms with Gasteiger partial charge in [-0.1, -0.05) is 59.8 Å². The molecule has 0 N–H and O–H groups in total. The summed E-state index contributed by atoms with van der Waals surface area (Å²) in [7, 11) is 1.84. The summed E-state index contributed by atoms with van der Waals surface area (Å²) in [5.74, 6) is 1.68. The van der Waals surface area contributed by atoms with Crippen LogP contribution in [-0.2, 0) is 13.7 Å². The molecule has 0 spiro atoms. The average Bonchev–Trinajstić information content (AvgIpc) is 3.33. The fourth-order valence-electron chi connectivity index (χ4n) is 3.33. The van der Waals surface area contributed by atoms with Gasteiger partial charge in [0.05, 0.1) is 24.1 Å². The van der Waals surface area contributed by atoms with Crippen LogP contribution in [0, 0.1) is 0 Å². The summed E-state index contributed by atoms with van der Waals surface area (Å²) in [5, 5.41) is 10.2. The number of aromatic nitrogens is 5. The highest BCUT2D eigenvalue weighted by Crippen LogP contribution is 2.32. The molecule has 0 fully saturated rings. The van der Waals surface area contributed by atoms with Gasteiger partial charge in [-0.3, -0.25) is 9.08 Å². The van der Waals surface area contributed by atoms with Crippen LogP contribution >= 0.6 is 0 Å². The van der Waals surface area contributed by atoms with E-state index in [4.69, 9.17) is 4.74 Å². The molecule has 0 saturated carbocycles. The van der Waals surface area contributed by atoms with E-state index >= 15 is 0 Å². The average molecular weight is 355 g/mol. The lowest BCUT2D eigenvalue weighted by molar-refractivity contribution is 0.303. The Bertz CT molecular complexity index is 1240. The predicted octanol–water partition coefficient (Wildman–Crippen LogP) is 3.86. The molecule has 0 aliphatic heterocycles. The van der Waals surface area contributed by atoms with E-state index in [0.29, 0.717) is 6.61 Å². The molecule has 0 aliphatic carbocycles. The Hall–Kier alpha value is -3.67. The smallest absolute Gasteiger partial charge is 0.144 e. The minimum absolute atomic E-state index is 0.360. The summed E-state index contributed by atoms with van der Waals surface area (Å²) in [6.07, 6.45) is 5.77. The molecule has 5 rings (SSSR count). The van der Waals surface area contributed by atoms with Crippen molar-refractivity contribution in [1.29, 1.82) is 0 Å². The summed E-state index contributed by atoms with van der Waals surface area (Å²) >= 11 is 0. The van der Waals surface area contributed by atoms with E-state index in [9.17, 15) is 0 Å². The van der Waals surface area contributed by atoms with Crippen LogP contribution in [0.4, 0.5) is 0 Å². The van der Waals surface area contributed by atoms with E-state index in [0.717, 1.165) is 39.1 Å². The number of imidazole rings is 1. The zero-order valence-corrected chi connectivity index (χ0v) is 14.8. The summed E-state index contributed by atoms with van der Waals surface area (Å²) < 4.78 is 9.88. The maximum Gasteiger partial charge on any atom is 0.144 e. The lowest BCUT2D eigenvalue weighted by atomic mass is 10.1. The summed E-state index contributed by atoms with van der Waals surface area (Å²) in [4.78, 5) is 4.66. The summed E-state index contributed by atoms with van der Waals surface area (Å²) in [6.45, 7) is 0.360. The van der Waals surface area contributed by atoms with Gasteiger partial charge in [0.15, 0.2) is 0 Å². The van der Waals surface area contributed by atoms with Crippen LogP contribution in [-0.4, -0.2) is 24.4 Å². The lowest BCUT2D eigenvalue weighted by Crippen LogP contribution is -1.99. The molecular formula is C21H17N5O. The Kier molecular flexibility index (Phi) is 3.60. The van der Waals surface area contributed by atoms with Crippen molar-refractivity contribution in [3.8, 4) is 17.1 Å². The summed E-state index contributed by atoms with van der Waals surface area (Å²) in [5.41, 5.74) is 2.90. The van der Waals surface area contributed by atoms with E-state index in [-0.39, 0.29) is 0 Å². The number of rotatable bonds is 4. The molecule has 0 unspecified atom stereocenters.